The molecular weight excluding hydrogens is 388 g/mol. The number of carbonyl (C=O) groups is 1. The van der Waals surface area contributed by atoms with Gasteiger partial charge in [0.1, 0.15) is 6.10 Å². The Morgan fingerprint density at radius 3 is 2.54 bits per heavy atom. The molecule has 1 aromatic rings. The van der Waals surface area contributed by atoms with Crippen LogP contribution in [0.5, 0.6) is 0 Å². The Hall–Kier alpha value is -0.590. The van der Waals surface area contributed by atoms with Crippen LogP contribution in [0, 0.1) is 0 Å². The minimum atomic E-state index is -0.288. The summed E-state index contributed by atoms with van der Waals surface area (Å²) < 4.78 is 6.77. The molecule has 0 saturated heterocycles. The van der Waals surface area contributed by atoms with E-state index in [4.69, 9.17) is 4.74 Å². The molecule has 0 bridgehead atoms. The van der Waals surface area contributed by atoms with Gasteiger partial charge in [0.15, 0.2) is 0 Å². The van der Waals surface area contributed by atoms with Crippen LogP contribution in [0.25, 0.3) is 0 Å². The molecule has 0 spiro atoms. The van der Waals surface area contributed by atoms with Crippen molar-refractivity contribution in [3.05, 3.63) is 20.8 Å². The average molecular weight is 415 g/mol. The lowest BCUT2D eigenvalue weighted by Crippen LogP contribution is -2.43. The number of hydrogen-bond donors (Lipinski definition) is 2. The van der Waals surface area contributed by atoms with Gasteiger partial charge in [-0.15, -0.1) is 11.3 Å². The Morgan fingerprint density at radius 1 is 1.25 bits per heavy atom. The van der Waals surface area contributed by atoms with E-state index in [1.807, 2.05) is 32.1 Å². The van der Waals surface area contributed by atoms with Crippen LogP contribution in [-0.4, -0.2) is 29.8 Å². The molecule has 1 heterocycles. The second-order valence-electron chi connectivity index (χ2n) is 8.01. The third-order valence-corrected chi connectivity index (χ3v) is 6.38. The maximum Gasteiger partial charge on any atom is 0.407 e. The van der Waals surface area contributed by atoms with E-state index in [0.29, 0.717) is 18.0 Å². The van der Waals surface area contributed by atoms with Crippen LogP contribution in [-0.2, 0) is 4.74 Å². The second kappa shape index (κ2) is 7.34. The van der Waals surface area contributed by atoms with Crippen molar-refractivity contribution in [3.8, 4) is 0 Å². The van der Waals surface area contributed by atoms with Gasteiger partial charge in [0.2, 0.25) is 0 Å². The van der Waals surface area contributed by atoms with Gasteiger partial charge >= 0.3 is 6.09 Å². The molecule has 6 heteroatoms. The van der Waals surface area contributed by atoms with Crippen LogP contribution >= 0.6 is 27.3 Å². The molecule has 2 N–H and O–H groups in total. The quantitative estimate of drug-likeness (QED) is 0.743. The number of nitrogens with one attached hydrogen (secondary N) is 2. The highest BCUT2D eigenvalue weighted by Crippen LogP contribution is 2.45. The first-order valence-corrected chi connectivity index (χ1v) is 10.4. The number of hydrogen-bond acceptors (Lipinski definition) is 4. The van der Waals surface area contributed by atoms with Gasteiger partial charge in [-0.3, -0.25) is 0 Å². The Bertz CT molecular complexity index is 576. The normalized spacial score (nSPS) is 30.0. The van der Waals surface area contributed by atoms with Crippen LogP contribution in [0.3, 0.4) is 0 Å². The molecule has 0 aliphatic heterocycles. The molecule has 2 fully saturated rings. The smallest absolute Gasteiger partial charge is 0.407 e. The Morgan fingerprint density at radius 2 is 1.96 bits per heavy atom. The monoisotopic (exact) mass is 414 g/mol. The third-order valence-electron chi connectivity index (χ3n) is 4.62. The van der Waals surface area contributed by atoms with E-state index in [-0.39, 0.29) is 17.7 Å². The van der Waals surface area contributed by atoms with Crippen LogP contribution in [0.4, 0.5) is 4.79 Å². The Balaban J connectivity index is 1.36. The van der Waals surface area contributed by atoms with Crippen molar-refractivity contribution in [3.63, 3.8) is 0 Å². The summed E-state index contributed by atoms with van der Waals surface area (Å²) in [5.41, 5.74) is -0.242. The molecular formula is C18H27BrN2O2S. The molecule has 24 heavy (non-hydrogen) atoms. The molecule has 134 valence electrons. The lowest BCUT2D eigenvalue weighted by atomic mass is 9.93. The van der Waals surface area contributed by atoms with E-state index >= 15 is 0 Å². The molecule has 4 nitrogen and oxygen atoms in total. The van der Waals surface area contributed by atoms with Gasteiger partial charge in [0, 0.05) is 28.4 Å². The fourth-order valence-electron chi connectivity index (χ4n) is 3.36. The average Bonchev–Trinajstić information content (AvgIpc) is 3.10. The van der Waals surface area contributed by atoms with E-state index in [1.165, 1.54) is 15.1 Å². The summed E-state index contributed by atoms with van der Waals surface area (Å²) in [5.74, 6) is 0.688. The van der Waals surface area contributed by atoms with Crippen molar-refractivity contribution in [2.45, 2.75) is 82.5 Å². The molecule has 1 aromatic heterocycles. The van der Waals surface area contributed by atoms with Gasteiger partial charge in [0.05, 0.1) is 3.79 Å². The standard InChI is InChI=1S/C18H27BrN2O2S/c1-18(2,3)21-17(22)23-12-6-4-11(5-7-12)20-14-10-13(14)15-8-9-16(19)24-15/h8-9,11-14,20H,4-7,10H2,1-3H3,(H,21,22). The number of ether oxygens (including phenoxy) is 1. The molecule has 0 radical (unpaired) electrons. The minimum Gasteiger partial charge on any atom is -0.446 e. The highest BCUT2D eigenvalue weighted by molar-refractivity contribution is 9.11. The zero-order valence-electron chi connectivity index (χ0n) is 14.6. The van der Waals surface area contributed by atoms with E-state index in [2.05, 4.69) is 38.7 Å². The maximum atomic E-state index is 11.8. The number of halogens is 1. The maximum absolute atomic E-state index is 11.8. The molecule has 2 saturated carbocycles. The molecule has 0 aromatic carbocycles. The fraction of sp³-hybridized carbons (Fsp3) is 0.722. The third kappa shape index (κ3) is 5.20. The van der Waals surface area contributed by atoms with Crippen molar-refractivity contribution in [2.75, 3.05) is 0 Å². The van der Waals surface area contributed by atoms with Gasteiger partial charge in [0.25, 0.3) is 0 Å². The van der Waals surface area contributed by atoms with Gasteiger partial charge in [-0.1, -0.05) is 0 Å². The topological polar surface area (TPSA) is 50.4 Å². The number of thiophene rings is 1. The fourth-order valence-corrected chi connectivity index (χ4v) is 4.96. The van der Waals surface area contributed by atoms with Crippen molar-refractivity contribution in [1.29, 1.82) is 0 Å². The molecule has 2 aliphatic carbocycles. The Kier molecular flexibility index (Phi) is 5.57. The lowest BCUT2D eigenvalue weighted by Gasteiger charge is -2.30. The van der Waals surface area contributed by atoms with Gasteiger partial charge < -0.3 is 15.4 Å². The molecule has 1 amide bonds. The van der Waals surface area contributed by atoms with Crippen LogP contribution in [0.15, 0.2) is 15.9 Å². The molecule has 2 atom stereocenters. The number of carbonyl (C=O) groups excluding carboxylic acids is 1. The summed E-state index contributed by atoms with van der Waals surface area (Å²) in [6.07, 6.45) is 5.11. The zero-order valence-corrected chi connectivity index (χ0v) is 17.0. The van der Waals surface area contributed by atoms with Crippen molar-refractivity contribution >= 4 is 33.4 Å². The summed E-state index contributed by atoms with van der Waals surface area (Å²) in [7, 11) is 0. The largest absolute Gasteiger partial charge is 0.446 e. The number of alkyl carbamates (subject to hydrolysis) is 1. The second-order valence-corrected chi connectivity index (χ2v) is 10.5. The van der Waals surface area contributed by atoms with Gasteiger partial charge in [-0.2, -0.15) is 0 Å². The summed E-state index contributed by atoms with van der Waals surface area (Å²) in [6.45, 7) is 5.90. The molecule has 2 aliphatic rings. The predicted molar refractivity (Wildman–Crippen MR) is 102 cm³/mol. The molecule has 3 rings (SSSR count). The van der Waals surface area contributed by atoms with Gasteiger partial charge in [-0.25, -0.2) is 4.79 Å². The van der Waals surface area contributed by atoms with E-state index in [1.54, 1.807) is 0 Å². The first-order chi connectivity index (χ1) is 11.3. The lowest BCUT2D eigenvalue weighted by molar-refractivity contribution is 0.0639. The summed E-state index contributed by atoms with van der Waals surface area (Å²) in [5, 5.41) is 6.66. The number of amides is 1. The first kappa shape index (κ1) is 18.2. The summed E-state index contributed by atoms with van der Waals surface area (Å²) in [6, 6.07) is 5.57. The van der Waals surface area contributed by atoms with Gasteiger partial charge in [-0.05, 0) is 80.9 Å². The Labute approximate surface area is 156 Å². The number of rotatable bonds is 4. The van der Waals surface area contributed by atoms with E-state index in [0.717, 1.165) is 25.7 Å². The highest BCUT2D eigenvalue weighted by Gasteiger charge is 2.41. The van der Waals surface area contributed by atoms with E-state index < -0.39 is 0 Å². The molecule has 2 unspecified atom stereocenters. The van der Waals surface area contributed by atoms with E-state index in [9.17, 15) is 4.79 Å². The van der Waals surface area contributed by atoms with Crippen LogP contribution < -0.4 is 10.6 Å². The van der Waals surface area contributed by atoms with Crippen molar-refractivity contribution in [1.82, 2.24) is 10.6 Å². The zero-order chi connectivity index (χ0) is 17.3. The summed E-state index contributed by atoms with van der Waals surface area (Å²) >= 11 is 5.39. The first-order valence-electron chi connectivity index (χ1n) is 8.80. The highest BCUT2D eigenvalue weighted by atomic mass is 79.9. The van der Waals surface area contributed by atoms with Crippen LogP contribution in [0.2, 0.25) is 0 Å². The summed E-state index contributed by atoms with van der Waals surface area (Å²) in [4.78, 5) is 13.3. The predicted octanol–water partition coefficient (Wildman–Crippen LogP) is 4.79. The van der Waals surface area contributed by atoms with Crippen molar-refractivity contribution < 1.29 is 9.53 Å². The minimum absolute atomic E-state index is 0.0636. The SMILES string of the molecule is CC(C)(C)NC(=O)OC1CCC(NC2CC2c2ccc(Br)s2)CC1. The van der Waals surface area contributed by atoms with Crippen LogP contribution in [0.1, 0.15) is 63.7 Å². The van der Waals surface area contributed by atoms with Crippen molar-refractivity contribution in [2.24, 2.45) is 0 Å².